The Labute approximate surface area is 397 Å². The van der Waals surface area contributed by atoms with Crippen LogP contribution in [0.15, 0.2) is 85.2 Å². The number of amides is 2. The van der Waals surface area contributed by atoms with Gasteiger partial charge in [-0.3, -0.25) is 24.0 Å². The molecular weight excluding hydrogens is 861 g/mol. The fourth-order valence-electron chi connectivity index (χ4n) is 8.78. The predicted octanol–water partition coefficient (Wildman–Crippen LogP) is 6.08. The number of likely N-dealkylation sites (N-methyl/N-ethyl adjacent to an activating group) is 1. The minimum Gasteiger partial charge on any atom is -0.492 e. The summed E-state index contributed by atoms with van der Waals surface area (Å²) in [6.45, 7) is 6.72. The van der Waals surface area contributed by atoms with E-state index in [-0.39, 0.29) is 82.9 Å². The van der Waals surface area contributed by atoms with Crippen LogP contribution >= 0.6 is 0 Å². The summed E-state index contributed by atoms with van der Waals surface area (Å²) in [4.78, 5) is 82.2. The molecular formula is C53H62N8O7. The molecule has 68 heavy (non-hydrogen) atoms. The van der Waals surface area contributed by atoms with Gasteiger partial charge in [0.1, 0.15) is 30.8 Å². The van der Waals surface area contributed by atoms with E-state index in [1.165, 1.54) is 11.9 Å². The summed E-state index contributed by atoms with van der Waals surface area (Å²) in [5.74, 6) is -2.10. The molecule has 15 nitrogen and oxygen atoms in total. The van der Waals surface area contributed by atoms with Crippen LogP contribution in [0, 0.1) is 29.1 Å². The molecule has 0 aliphatic carbocycles. The molecule has 2 heterocycles. The van der Waals surface area contributed by atoms with E-state index in [2.05, 4.69) is 29.1 Å². The van der Waals surface area contributed by atoms with Crippen LogP contribution in [-0.4, -0.2) is 90.0 Å². The van der Waals surface area contributed by atoms with Gasteiger partial charge in [0.2, 0.25) is 11.8 Å². The Morgan fingerprint density at radius 1 is 0.853 bits per heavy atom. The molecule has 0 saturated heterocycles. The maximum Gasteiger partial charge on any atom is 0.226 e. The maximum atomic E-state index is 14.9. The van der Waals surface area contributed by atoms with E-state index < -0.39 is 41.5 Å². The van der Waals surface area contributed by atoms with Gasteiger partial charge in [-0.1, -0.05) is 63.2 Å². The van der Waals surface area contributed by atoms with Crippen LogP contribution in [0.1, 0.15) is 86.0 Å². The van der Waals surface area contributed by atoms with Crippen LogP contribution < -0.4 is 32.0 Å². The average molecular weight is 923 g/mol. The quantitative estimate of drug-likeness (QED) is 0.0687. The summed E-state index contributed by atoms with van der Waals surface area (Å²) >= 11 is 0. The Kier molecular flexibility index (Phi) is 17.6. The van der Waals surface area contributed by atoms with Gasteiger partial charge in [-0.25, -0.2) is 9.97 Å². The summed E-state index contributed by atoms with van der Waals surface area (Å²) in [7, 11) is 1.52. The molecule has 0 saturated carbocycles. The molecule has 0 spiro atoms. The highest BCUT2D eigenvalue weighted by atomic mass is 16.5. The third kappa shape index (κ3) is 12.2. The third-order valence-corrected chi connectivity index (χ3v) is 12.1. The molecule has 1 aliphatic rings. The number of hydrogen-bond donors (Lipinski definition) is 4. The van der Waals surface area contributed by atoms with E-state index in [1.54, 1.807) is 43.3 Å². The lowest BCUT2D eigenvalue weighted by Gasteiger charge is -2.32. The smallest absolute Gasteiger partial charge is 0.226 e. The van der Waals surface area contributed by atoms with Gasteiger partial charge >= 0.3 is 0 Å². The van der Waals surface area contributed by atoms with Gasteiger partial charge in [0.15, 0.2) is 23.2 Å². The third-order valence-electron chi connectivity index (χ3n) is 12.1. The van der Waals surface area contributed by atoms with Crippen molar-refractivity contribution in [1.29, 1.82) is 5.26 Å². The van der Waals surface area contributed by atoms with Crippen molar-refractivity contribution in [3.05, 3.63) is 107 Å². The Hall–Kier alpha value is -6.86. The zero-order chi connectivity index (χ0) is 48.9. The molecule has 4 atom stereocenters. The zero-order valence-corrected chi connectivity index (χ0v) is 39.3. The number of Topliss-reactive ketones (excluding diaryl/α,β-unsaturated/α-hetero) is 3. The number of benzene rings is 4. The minimum atomic E-state index is -1.24. The molecule has 4 bridgehead atoms. The van der Waals surface area contributed by atoms with Gasteiger partial charge < -0.3 is 36.9 Å². The zero-order valence-electron chi connectivity index (χ0n) is 39.3. The van der Waals surface area contributed by atoms with Gasteiger partial charge in [-0.15, -0.1) is 0 Å². The lowest BCUT2D eigenvalue weighted by molar-refractivity contribution is -0.142. The van der Waals surface area contributed by atoms with Crippen molar-refractivity contribution in [1.82, 2.24) is 20.2 Å². The van der Waals surface area contributed by atoms with E-state index in [1.807, 2.05) is 54.9 Å². The van der Waals surface area contributed by atoms with Crippen LogP contribution in [0.4, 0.5) is 0 Å². The van der Waals surface area contributed by atoms with E-state index in [0.29, 0.717) is 56.4 Å². The van der Waals surface area contributed by atoms with Crippen LogP contribution in [0.25, 0.3) is 33.3 Å². The molecule has 6 rings (SSSR count). The normalized spacial score (nSPS) is 16.6. The maximum absolute atomic E-state index is 14.9. The van der Waals surface area contributed by atoms with Crippen molar-refractivity contribution >= 4 is 39.9 Å². The molecule has 15 heteroatoms. The molecule has 2 amide bonds. The number of nitriles is 1. The molecule has 1 aromatic heterocycles. The van der Waals surface area contributed by atoms with Crippen molar-refractivity contribution in [2.24, 2.45) is 35.0 Å². The number of nitrogens with two attached hydrogens (primary N) is 3. The summed E-state index contributed by atoms with van der Waals surface area (Å²) < 4.78 is 12.3. The summed E-state index contributed by atoms with van der Waals surface area (Å²) in [6.07, 6.45) is 4.15. The highest BCUT2D eigenvalue weighted by Crippen LogP contribution is 2.41. The Bertz CT molecular complexity index is 2660. The number of ether oxygens (including phenoxy) is 2. The Balaban J connectivity index is 1.40. The molecule has 1 aliphatic heterocycles. The van der Waals surface area contributed by atoms with Crippen molar-refractivity contribution in [2.45, 2.75) is 77.8 Å². The molecule has 0 unspecified atom stereocenters. The minimum absolute atomic E-state index is 0.0320. The monoisotopic (exact) mass is 922 g/mol. The first-order chi connectivity index (χ1) is 32.8. The van der Waals surface area contributed by atoms with Gasteiger partial charge in [-0.05, 0) is 89.5 Å². The summed E-state index contributed by atoms with van der Waals surface area (Å²) in [5, 5.41) is 13.6. The van der Waals surface area contributed by atoms with Crippen LogP contribution in [0.3, 0.4) is 0 Å². The second-order valence-corrected chi connectivity index (χ2v) is 17.8. The lowest BCUT2D eigenvalue weighted by atomic mass is 9.87. The lowest BCUT2D eigenvalue weighted by Crippen LogP contribution is -2.46. The van der Waals surface area contributed by atoms with E-state index in [0.717, 1.165) is 22.9 Å². The highest BCUT2D eigenvalue weighted by molar-refractivity contribution is 6.12. The topological polar surface area (TPSA) is 247 Å². The number of rotatable bonds is 19. The van der Waals surface area contributed by atoms with Crippen molar-refractivity contribution in [3.63, 3.8) is 0 Å². The van der Waals surface area contributed by atoms with Gasteiger partial charge in [-0.2, -0.15) is 5.26 Å². The number of carbonyl (C=O) groups excluding carboxylic acids is 5. The number of nitrogens with one attached hydrogen (secondary N) is 1. The number of fused-ring (bicyclic) bond motifs is 6. The van der Waals surface area contributed by atoms with E-state index in [4.69, 9.17) is 26.7 Å². The van der Waals surface area contributed by atoms with Crippen LogP contribution in [-0.2, 0) is 32.0 Å². The van der Waals surface area contributed by atoms with Gasteiger partial charge in [0.25, 0.3) is 0 Å². The standard InChI is InChI=1S/C53H62N8O7/c1-32(2)24-35-30-58-51(59-31-35)41-14-13-40(38-8-5-6-9-39(38)41)46(63)29-37(17-19-55)53(66)61(4)50-36-12-16-49(68-23-21-57)43(28-36)42-26-34(11-15-48(42)67-22-20-56)27-44(45(62)10-7-18-54)60-52(65)33(3)25-47(50)64/h5-6,8-9,11-16,26,28,30-33,37,44,50H,7,10,17,19-25,27,29,55-57H2,1-4H3,(H,60,65)/t33-,37-,44+,50+/m1/s1. The molecule has 356 valence electrons. The summed E-state index contributed by atoms with van der Waals surface area (Å²) in [5.41, 5.74) is 22.3. The first-order valence-corrected chi connectivity index (χ1v) is 23.3. The SMILES string of the molecule is CC(C)Cc1cnc(-c2ccc(C(=O)C[C@@H](CCN)C(=O)N(C)[C@@H]3C(=O)C[C@@H](C)C(=O)N[C@H](C(=O)CCC#N)Cc4ccc(OCCN)c(c4)-c4cc3ccc4OCCN)c3ccccc23)nc1. The average Bonchev–Trinajstić information content (AvgIpc) is 3.33. The number of carbonyl (C=O) groups is 5. The van der Waals surface area contributed by atoms with Crippen molar-refractivity contribution < 1.29 is 33.4 Å². The molecule has 0 radical (unpaired) electrons. The van der Waals surface area contributed by atoms with E-state index >= 15 is 0 Å². The van der Waals surface area contributed by atoms with Crippen molar-refractivity contribution in [3.8, 4) is 40.1 Å². The largest absolute Gasteiger partial charge is 0.492 e. The van der Waals surface area contributed by atoms with Crippen molar-refractivity contribution in [2.75, 3.05) is 39.9 Å². The fourth-order valence-corrected chi connectivity index (χ4v) is 8.78. The second kappa shape index (κ2) is 23.7. The number of nitrogens with zero attached hydrogens (tertiary/aromatic N) is 4. The highest BCUT2D eigenvalue weighted by Gasteiger charge is 2.36. The fraction of sp³-hybridized carbons (Fsp3) is 0.396. The number of ketones is 3. The first kappa shape index (κ1) is 50.6. The number of aromatic nitrogens is 2. The molecule has 0 fully saturated rings. The second-order valence-electron chi connectivity index (χ2n) is 17.8. The first-order valence-electron chi connectivity index (χ1n) is 23.3. The summed E-state index contributed by atoms with van der Waals surface area (Å²) in [6, 6.07) is 21.4. The van der Waals surface area contributed by atoms with Crippen LogP contribution in [0.5, 0.6) is 11.5 Å². The molecule has 4 aromatic carbocycles. The van der Waals surface area contributed by atoms with Gasteiger partial charge in [0.05, 0.1) is 12.1 Å². The van der Waals surface area contributed by atoms with Crippen LogP contribution in [0.2, 0.25) is 0 Å². The van der Waals surface area contributed by atoms with E-state index in [9.17, 15) is 29.2 Å². The van der Waals surface area contributed by atoms with Gasteiger partial charge in [0, 0.05) is 92.3 Å². The Morgan fingerprint density at radius 3 is 2.16 bits per heavy atom. The Morgan fingerprint density at radius 2 is 1.51 bits per heavy atom. The molecule has 5 aromatic rings. The predicted molar refractivity (Wildman–Crippen MR) is 260 cm³/mol. The number of hydrogen-bond acceptors (Lipinski definition) is 13. The molecule has 7 N–H and O–H groups in total.